The number of nitrogens with zero attached hydrogens (tertiary/aromatic N) is 2. The molecule has 0 aliphatic rings. The molecule has 0 fully saturated rings. The first-order chi connectivity index (χ1) is 12.1. The van der Waals surface area contributed by atoms with Crippen molar-refractivity contribution < 1.29 is 13.6 Å². The van der Waals surface area contributed by atoms with E-state index >= 15 is 0 Å². The summed E-state index contributed by atoms with van der Waals surface area (Å²) in [7, 11) is 0. The summed E-state index contributed by atoms with van der Waals surface area (Å²) in [5.74, 6) is -1.86. The lowest BCUT2D eigenvalue weighted by atomic mass is 10.1. The van der Waals surface area contributed by atoms with Crippen LogP contribution >= 0.6 is 22.6 Å². The van der Waals surface area contributed by atoms with E-state index in [0.717, 1.165) is 15.7 Å². The van der Waals surface area contributed by atoms with E-state index < -0.39 is 11.6 Å². The Labute approximate surface area is 157 Å². The van der Waals surface area contributed by atoms with E-state index in [2.05, 4.69) is 27.6 Å². The van der Waals surface area contributed by atoms with Crippen LogP contribution in [0.5, 0.6) is 0 Å². The minimum Gasteiger partial charge on any atom is -0.299 e. The highest BCUT2D eigenvalue weighted by molar-refractivity contribution is 14.1. The van der Waals surface area contributed by atoms with Crippen molar-refractivity contribution >= 4 is 34.2 Å². The molecule has 0 atom stereocenters. The molecule has 6 heteroatoms. The second-order valence-corrected chi connectivity index (χ2v) is 6.45. The third-order valence-corrected chi connectivity index (χ3v) is 4.54. The van der Waals surface area contributed by atoms with E-state index in [0.29, 0.717) is 11.3 Å². The van der Waals surface area contributed by atoms with Gasteiger partial charge in [-0.15, -0.1) is 0 Å². The Balaban J connectivity index is 2.05. The highest BCUT2D eigenvalue weighted by Crippen LogP contribution is 2.25. The van der Waals surface area contributed by atoms with Gasteiger partial charge in [0.25, 0.3) is 5.91 Å². The van der Waals surface area contributed by atoms with Crippen molar-refractivity contribution in [2.45, 2.75) is 6.54 Å². The molecule has 1 amide bonds. The van der Waals surface area contributed by atoms with Gasteiger partial charge < -0.3 is 0 Å². The molecular weight excluding hydrogens is 437 g/mol. The minimum absolute atomic E-state index is 0.0108. The van der Waals surface area contributed by atoms with Gasteiger partial charge in [0.05, 0.1) is 23.5 Å². The molecule has 0 radical (unpaired) electrons. The van der Waals surface area contributed by atoms with Gasteiger partial charge >= 0.3 is 0 Å². The third-order valence-electron chi connectivity index (χ3n) is 3.60. The summed E-state index contributed by atoms with van der Waals surface area (Å²) in [5, 5.41) is 0. The Bertz CT molecular complexity index is 903. The summed E-state index contributed by atoms with van der Waals surface area (Å²) in [6.45, 7) is 0.0766. The van der Waals surface area contributed by atoms with Crippen molar-refractivity contribution in [2.75, 3.05) is 4.90 Å². The van der Waals surface area contributed by atoms with E-state index in [9.17, 15) is 13.6 Å². The predicted molar refractivity (Wildman–Crippen MR) is 100 cm³/mol. The fourth-order valence-corrected chi connectivity index (χ4v) is 3.02. The Morgan fingerprint density at radius 1 is 1.04 bits per heavy atom. The van der Waals surface area contributed by atoms with Gasteiger partial charge in [-0.05, 0) is 59.0 Å². The highest BCUT2D eigenvalue weighted by atomic mass is 127. The predicted octanol–water partition coefficient (Wildman–Crippen LogP) is 4.81. The van der Waals surface area contributed by atoms with Gasteiger partial charge in [-0.1, -0.05) is 18.2 Å². The first-order valence-electron chi connectivity index (χ1n) is 7.47. The molecule has 0 bridgehead atoms. The Hall–Kier alpha value is -2.35. The van der Waals surface area contributed by atoms with Gasteiger partial charge in [0, 0.05) is 15.8 Å². The van der Waals surface area contributed by atoms with Gasteiger partial charge in [0.15, 0.2) is 0 Å². The van der Waals surface area contributed by atoms with E-state index in [4.69, 9.17) is 0 Å². The summed E-state index contributed by atoms with van der Waals surface area (Å²) < 4.78 is 28.3. The van der Waals surface area contributed by atoms with Crippen LogP contribution in [0.25, 0.3) is 0 Å². The van der Waals surface area contributed by atoms with E-state index in [-0.39, 0.29) is 18.1 Å². The molecule has 0 saturated carbocycles. The number of carbonyl (C=O) groups excluding carboxylic acids is 1. The van der Waals surface area contributed by atoms with Crippen LogP contribution in [0.1, 0.15) is 16.1 Å². The topological polar surface area (TPSA) is 33.2 Å². The summed E-state index contributed by atoms with van der Waals surface area (Å²) in [6.07, 6.45) is 1.60. The van der Waals surface area contributed by atoms with Crippen LogP contribution in [0.15, 0.2) is 66.9 Å². The molecule has 1 heterocycles. The number of rotatable bonds is 4. The lowest BCUT2D eigenvalue weighted by Crippen LogP contribution is -2.32. The number of benzene rings is 2. The van der Waals surface area contributed by atoms with Gasteiger partial charge in [0.1, 0.15) is 11.6 Å². The molecule has 0 aliphatic heterocycles. The average molecular weight is 450 g/mol. The lowest BCUT2D eigenvalue weighted by molar-refractivity contribution is 0.0983. The molecule has 126 valence electrons. The van der Waals surface area contributed by atoms with Crippen LogP contribution in [0.3, 0.4) is 0 Å². The zero-order chi connectivity index (χ0) is 17.8. The maximum absolute atomic E-state index is 14.3. The number of hydrogen-bond donors (Lipinski definition) is 0. The molecule has 0 spiro atoms. The molecule has 0 unspecified atom stereocenters. The monoisotopic (exact) mass is 450 g/mol. The maximum atomic E-state index is 14.3. The van der Waals surface area contributed by atoms with Gasteiger partial charge in [-0.3, -0.25) is 14.7 Å². The fourth-order valence-electron chi connectivity index (χ4n) is 2.40. The first-order valence-corrected chi connectivity index (χ1v) is 8.55. The number of halogens is 3. The molecular formula is C19H13F2IN2O. The summed E-state index contributed by atoms with van der Waals surface area (Å²) in [4.78, 5) is 18.5. The largest absolute Gasteiger partial charge is 0.299 e. The molecule has 0 saturated heterocycles. The second-order valence-electron chi connectivity index (χ2n) is 5.29. The molecule has 3 nitrogen and oxygen atoms in total. The minimum atomic E-state index is -0.796. The third kappa shape index (κ3) is 4.01. The SMILES string of the molecule is O=C(c1ccccc1I)N(Cc1ccccn1)c1ccc(F)cc1F. The standard InChI is InChI=1S/C19H13F2IN2O/c20-13-8-9-18(16(21)11-13)24(12-14-5-3-4-10-23-14)19(25)15-6-1-2-7-17(15)22/h1-11H,12H2. The van der Waals surface area contributed by atoms with Crippen LogP contribution in [0, 0.1) is 15.2 Å². The summed E-state index contributed by atoms with van der Waals surface area (Å²) >= 11 is 2.06. The van der Waals surface area contributed by atoms with Gasteiger partial charge in [0.2, 0.25) is 0 Å². The van der Waals surface area contributed by atoms with Crippen LogP contribution in [-0.4, -0.2) is 10.9 Å². The first kappa shape index (κ1) is 17.5. The summed E-state index contributed by atoms with van der Waals surface area (Å²) in [6, 6.07) is 15.5. The molecule has 0 N–H and O–H groups in total. The van der Waals surface area contributed by atoms with E-state index in [1.54, 1.807) is 42.6 Å². The maximum Gasteiger partial charge on any atom is 0.259 e. The van der Waals surface area contributed by atoms with Crippen molar-refractivity contribution in [1.82, 2.24) is 4.98 Å². The molecule has 3 aromatic rings. The number of hydrogen-bond acceptors (Lipinski definition) is 2. The normalized spacial score (nSPS) is 10.5. The van der Waals surface area contributed by atoms with Crippen LogP contribution < -0.4 is 4.90 Å². The fraction of sp³-hybridized carbons (Fsp3) is 0.0526. The quantitative estimate of drug-likeness (QED) is 0.535. The Morgan fingerprint density at radius 3 is 2.48 bits per heavy atom. The van der Waals surface area contributed by atoms with Crippen LogP contribution in [-0.2, 0) is 6.54 Å². The highest BCUT2D eigenvalue weighted by Gasteiger charge is 2.23. The van der Waals surface area contributed by atoms with Crippen molar-refractivity contribution in [3.05, 3.63) is 93.3 Å². The number of aromatic nitrogens is 1. The molecule has 1 aromatic heterocycles. The number of anilines is 1. The van der Waals surface area contributed by atoms with E-state index in [1.807, 2.05) is 6.07 Å². The van der Waals surface area contributed by atoms with Crippen LogP contribution in [0.4, 0.5) is 14.5 Å². The number of pyridine rings is 1. The lowest BCUT2D eigenvalue weighted by Gasteiger charge is -2.23. The second kappa shape index (κ2) is 7.69. The average Bonchev–Trinajstić information content (AvgIpc) is 2.61. The van der Waals surface area contributed by atoms with Crippen LogP contribution in [0.2, 0.25) is 0 Å². The van der Waals surface area contributed by atoms with Crippen molar-refractivity contribution in [2.24, 2.45) is 0 Å². The van der Waals surface area contributed by atoms with Crippen molar-refractivity contribution in [3.63, 3.8) is 0 Å². The van der Waals surface area contributed by atoms with Gasteiger partial charge in [-0.2, -0.15) is 0 Å². The zero-order valence-electron chi connectivity index (χ0n) is 13.0. The number of carbonyl (C=O) groups is 1. The molecule has 0 aliphatic carbocycles. The van der Waals surface area contributed by atoms with Gasteiger partial charge in [-0.25, -0.2) is 8.78 Å². The Kier molecular flexibility index (Phi) is 5.37. The molecule has 3 rings (SSSR count). The molecule has 25 heavy (non-hydrogen) atoms. The van der Waals surface area contributed by atoms with Crippen molar-refractivity contribution in [1.29, 1.82) is 0 Å². The Morgan fingerprint density at radius 2 is 1.80 bits per heavy atom. The zero-order valence-corrected chi connectivity index (χ0v) is 15.2. The smallest absolute Gasteiger partial charge is 0.259 e. The number of amides is 1. The molecule has 2 aromatic carbocycles. The summed E-state index contributed by atoms with van der Waals surface area (Å²) in [5.41, 5.74) is 1.06. The van der Waals surface area contributed by atoms with E-state index in [1.165, 1.54) is 11.0 Å². The van der Waals surface area contributed by atoms with Crippen molar-refractivity contribution in [3.8, 4) is 0 Å².